The van der Waals surface area contributed by atoms with Crippen LogP contribution >= 0.6 is 24.8 Å². The molecule has 0 unspecified atom stereocenters. The Morgan fingerprint density at radius 3 is 2.39 bits per heavy atom. The monoisotopic (exact) mass is 369 g/mol. The van der Waals surface area contributed by atoms with Gasteiger partial charge in [-0.1, -0.05) is 0 Å². The average molecular weight is 370 g/mol. The number of hydrogen-bond donors (Lipinski definition) is 2. The second-order valence-electron chi connectivity index (χ2n) is 6.68. The van der Waals surface area contributed by atoms with Gasteiger partial charge in [0.05, 0.1) is 19.3 Å². The van der Waals surface area contributed by atoms with E-state index < -0.39 is 0 Å². The minimum Gasteiger partial charge on any atom is -0.377 e. The molecule has 0 aromatic carbocycles. The molecular weight excluding hydrogens is 337 g/mol. The zero-order valence-corrected chi connectivity index (χ0v) is 16.0. The van der Waals surface area contributed by atoms with Crippen LogP contribution in [-0.2, 0) is 9.53 Å². The highest BCUT2D eigenvalue weighted by Gasteiger charge is 2.22. The maximum absolute atomic E-state index is 11.8. The summed E-state index contributed by atoms with van der Waals surface area (Å²) in [5.74, 6) is 0.978. The van der Waals surface area contributed by atoms with Crippen molar-refractivity contribution < 1.29 is 9.53 Å². The number of carbonyl (C=O) groups excluding carboxylic acids is 1. The summed E-state index contributed by atoms with van der Waals surface area (Å²) in [6.45, 7) is 9.53. The highest BCUT2D eigenvalue weighted by atomic mass is 35.5. The Bertz CT molecular complexity index is 320. The van der Waals surface area contributed by atoms with Gasteiger partial charge in [-0.15, -0.1) is 24.8 Å². The quantitative estimate of drug-likeness (QED) is 0.650. The summed E-state index contributed by atoms with van der Waals surface area (Å²) in [7, 11) is 0. The Labute approximate surface area is 153 Å². The van der Waals surface area contributed by atoms with Crippen molar-refractivity contribution in [2.24, 2.45) is 5.92 Å². The van der Waals surface area contributed by atoms with Crippen molar-refractivity contribution in [3.8, 4) is 0 Å². The fraction of sp³-hybridized carbons (Fsp3) is 0.938. The molecule has 0 bridgehead atoms. The van der Waals surface area contributed by atoms with Gasteiger partial charge in [0.2, 0.25) is 5.91 Å². The Hall–Kier alpha value is -0.0700. The lowest BCUT2D eigenvalue weighted by Crippen LogP contribution is -2.47. The van der Waals surface area contributed by atoms with Gasteiger partial charge in [-0.2, -0.15) is 0 Å². The number of carbonyl (C=O) groups is 1. The average Bonchev–Trinajstić information content (AvgIpc) is 3.24. The van der Waals surface area contributed by atoms with Gasteiger partial charge in [0.1, 0.15) is 0 Å². The van der Waals surface area contributed by atoms with E-state index in [1.807, 2.05) is 0 Å². The molecule has 0 radical (unpaired) electrons. The van der Waals surface area contributed by atoms with Crippen LogP contribution in [0.15, 0.2) is 0 Å². The van der Waals surface area contributed by atoms with Crippen LogP contribution in [0, 0.1) is 5.92 Å². The Kier molecular flexibility index (Phi) is 12.3. The molecule has 1 saturated carbocycles. The van der Waals surface area contributed by atoms with Gasteiger partial charge in [0.25, 0.3) is 0 Å². The van der Waals surface area contributed by atoms with Crippen LogP contribution in [0.4, 0.5) is 0 Å². The summed E-state index contributed by atoms with van der Waals surface area (Å²) in [6, 6.07) is 0.350. The van der Waals surface area contributed by atoms with Gasteiger partial charge >= 0.3 is 0 Å². The summed E-state index contributed by atoms with van der Waals surface area (Å²) in [5, 5.41) is 6.39. The van der Waals surface area contributed by atoms with Crippen molar-refractivity contribution in [1.82, 2.24) is 15.5 Å². The lowest BCUT2D eigenvalue weighted by molar-refractivity contribution is -0.121. The van der Waals surface area contributed by atoms with E-state index in [1.165, 1.54) is 12.8 Å². The topological polar surface area (TPSA) is 53.6 Å². The standard InChI is InChI=1S/C16H31N3O2.2ClH/c1-13(2)21-10-9-19-7-5-15(6-8-19)18-16(20)12-17-11-14-3-4-14;;/h13-15,17H,3-12H2,1-2H3,(H,18,20);2*1H. The van der Waals surface area contributed by atoms with Gasteiger partial charge in [-0.05, 0) is 52.0 Å². The molecule has 1 aliphatic carbocycles. The van der Waals surface area contributed by atoms with Gasteiger partial charge < -0.3 is 20.3 Å². The smallest absolute Gasteiger partial charge is 0.234 e. The summed E-state index contributed by atoms with van der Waals surface area (Å²) >= 11 is 0. The summed E-state index contributed by atoms with van der Waals surface area (Å²) < 4.78 is 5.58. The molecular formula is C16H33Cl2N3O2. The second kappa shape index (κ2) is 12.3. The first kappa shape index (κ1) is 22.9. The first-order chi connectivity index (χ1) is 10.1. The number of halogens is 2. The van der Waals surface area contributed by atoms with Crippen molar-refractivity contribution in [2.75, 3.05) is 39.3 Å². The van der Waals surface area contributed by atoms with Crippen molar-refractivity contribution >= 4 is 30.7 Å². The van der Waals surface area contributed by atoms with E-state index >= 15 is 0 Å². The van der Waals surface area contributed by atoms with E-state index in [1.54, 1.807) is 0 Å². The van der Waals surface area contributed by atoms with Crippen LogP contribution in [0.5, 0.6) is 0 Å². The maximum Gasteiger partial charge on any atom is 0.234 e. The highest BCUT2D eigenvalue weighted by Crippen LogP contribution is 2.27. The predicted octanol–water partition coefficient (Wildman–Crippen LogP) is 1.84. The number of nitrogens with zero attached hydrogens (tertiary/aromatic N) is 1. The molecule has 0 spiro atoms. The number of piperidine rings is 1. The van der Waals surface area contributed by atoms with E-state index in [9.17, 15) is 4.79 Å². The highest BCUT2D eigenvalue weighted by molar-refractivity contribution is 5.85. The van der Waals surface area contributed by atoms with E-state index in [-0.39, 0.29) is 30.7 Å². The van der Waals surface area contributed by atoms with Crippen molar-refractivity contribution in [3.05, 3.63) is 0 Å². The molecule has 2 fully saturated rings. The zero-order valence-electron chi connectivity index (χ0n) is 14.4. The lowest BCUT2D eigenvalue weighted by Gasteiger charge is -2.32. The minimum atomic E-state index is 0. The molecule has 138 valence electrons. The number of rotatable bonds is 9. The van der Waals surface area contributed by atoms with Crippen molar-refractivity contribution in [2.45, 2.75) is 51.7 Å². The fourth-order valence-corrected chi connectivity index (χ4v) is 2.71. The van der Waals surface area contributed by atoms with Crippen molar-refractivity contribution in [1.29, 1.82) is 0 Å². The van der Waals surface area contributed by atoms with Crippen LogP contribution in [-0.4, -0.2) is 62.3 Å². The first-order valence-electron chi connectivity index (χ1n) is 8.47. The van der Waals surface area contributed by atoms with Crippen LogP contribution in [0.3, 0.4) is 0 Å². The number of ether oxygens (including phenoxy) is 1. The second-order valence-corrected chi connectivity index (χ2v) is 6.68. The van der Waals surface area contributed by atoms with E-state index in [4.69, 9.17) is 4.74 Å². The Morgan fingerprint density at radius 1 is 1.17 bits per heavy atom. The largest absolute Gasteiger partial charge is 0.377 e. The fourth-order valence-electron chi connectivity index (χ4n) is 2.71. The van der Waals surface area contributed by atoms with Crippen molar-refractivity contribution in [3.63, 3.8) is 0 Å². The minimum absolute atomic E-state index is 0. The van der Waals surface area contributed by atoms with Crippen LogP contribution in [0.2, 0.25) is 0 Å². The molecule has 7 heteroatoms. The molecule has 2 N–H and O–H groups in total. The first-order valence-corrected chi connectivity index (χ1v) is 8.47. The molecule has 1 aliphatic heterocycles. The lowest BCUT2D eigenvalue weighted by atomic mass is 10.1. The molecule has 1 amide bonds. The molecule has 0 atom stereocenters. The SMILES string of the molecule is CC(C)OCCN1CCC(NC(=O)CNCC2CC2)CC1.Cl.Cl. The molecule has 1 heterocycles. The van der Waals surface area contributed by atoms with Crippen LogP contribution in [0.1, 0.15) is 39.5 Å². The van der Waals surface area contributed by atoms with Crippen LogP contribution < -0.4 is 10.6 Å². The van der Waals surface area contributed by atoms with Crippen LogP contribution in [0.25, 0.3) is 0 Å². The number of hydrogen-bond acceptors (Lipinski definition) is 4. The molecule has 0 aromatic heterocycles. The Balaban J connectivity index is 0.00000242. The third kappa shape index (κ3) is 10.4. The number of amides is 1. The Morgan fingerprint density at radius 2 is 1.83 bits per heavy atom. The molecule has 5 nitrogen and oxygen atoms in total. The van der Waals surface area contributed by atoms with Gasteiger partial charge in [-0.3, -0.25) is 4.79 Å². The maximum atomic E-state index is 11.8. The molecule has 1 saturated heterocycles. The van der Waals surface area contributed by atoms with Gasteiger partial charge in [0, 0.05) is 25.7 Å². The van der Waals surface area contributed by atoms with Gasteiger partial charge in [-0.25, -0.2) is 0 Å². The molecule has 23 heavy (non-hydrogen) atoms. The summed E-state index contributed by atoms with van der Waals surface area (Å²) in [4.78, 5) is 14.3. The van der Waals surface area contributed by atoms with E-state index in [0.29, 0.717) is 18.7 Å². The normalized spacial score (nSPS) is 19.1. The van der Waals surface area contributed by atoms with Gasteiger partial charge in [0.15, 0.2) is 0 Å². The zero-order chi connectivity index (χ0) is 15.1. The van der Waals surface area contributed by atoms with E-state index in [0.717, 1.165) is 51.5 Å². The summed E-state index contributed by atoms with van der Waals surface area (Å²) in [6.07, 6.45) is 5.07. The molecule has 0 aromatic rings. The summed E-state index contributed by atoms with van der Waals surface area (Å²) in [5.41, 5.74) is 0. The number of nitrogens with one attached hydrogen (secondary N) is 2. The number of likely N-dealkylation sites (tertiary alicyclic amines) is 1. The molecule has 2 aliphatic rings. The third-order valence-electron chi connectivity index (χ3n) is 4.23. The third-order valence-corrected chi connectivity index (χ3v) is 4.23. The molecule has 2 rings (SSSR count). The van der Waals surface area contributed by atoms with E-state index in [2.05, 4.69) is 29.4 Å². The predicted molar refractivity (Wildman–Crippen MR) is 98.8 cm³/mol.